The maximum Gasteiger partial charge on any atom is 0.124 e. The summed E-state index contributed by atoms with van der Waals surface area (Å²) in [5.41, 5.74) is 4.74. The molecule has 3 nitrogen and oxygen atoms in total. The number of fused-ring (bicyclic) bond motifs is 1. The number of rotatable bonds is 9. The first-order valence-electron chi connectivity index (χ1n) is 10.3. The number of thioether (sulfide) groups is 1. The minimum Gasteiger partial charge on any atom is -0.322 e. The third-order valence-corrected chi connectivity index (χ3v) is 6.43. The van der Waals surface area contributed by atoms with Crippen LogP contribution in [-0.4, -0.2) is 15.3 Å². The lowest BCUT2D eigenvalue weighted by Gasteiger charge is -2.11. The van der Waals surface area contributed by atoms with Gasteiger partial charge in [0, 0.05) is 23.0 Å². The lowest BCUT2D eigenvalue weighted by Crippen LogP contribution is -2.17. The van der Waals surface area contributed by atoms with Crippen molar-refractivity contribution in [3.63, 3.8) is 0 Å². The second-order valence-electron chi connectivity index (χ2n) is 7.33. The highest BCUT2D eigenvalue weighted by Gasteiger charge is 2.12. The van der Waals surface area contributed by atoms with Crippen LogP contribution in [0.2, 0.25) is 5.02 Å². The molecule has 1 aromatic heterocycles. The fourth-order valence-corrected chi connectivity index (χ4v) is 4.39. The first-order valence-corrected chi connectivity index (χ1v) is 11.7. The van der Waals surface area contributed by atoms with Crippen LogP contribution in [0.4, 0.5) is 0 Å². The molecule has 4 aromatic rings. The minimum atomic E-state index is 0.710. The lowest BCUT2D eigenvalue weighted by molar-refractivity contribution is 0.628. The first kappa shape index (κ1) is 21.0. The molecule has 1 heterocycles. The number of benzene rings is 3. The molecular weight excluding hydrogens is 410 g/mol. The topological polar surface area (TPSA) is 29.9 Å². The van der Waals surface area contributed by atoms with E-state index in [2.05, 4.69) is 77.5 Å². The van der Waals surface area contributed by atoms with Crippen LogP contribution in [0.25, 0.3) is 11.0 Å². The lowest BCUT2D eigenvalue weighted by atomic mass is 10.2. The summed E-state index contributed by atoms with van der Waals surface area (Å²) in [6, 6.07) is 25.2. The standard InChI is InChI=1S/C25H26ClN3S/c1-2-14-30-22-12-13-23-24(15-22)29(18-20-6-4-3-5-7-20)25(28-23)17-27-16-19-8-10-21(26)11-9-19/h3-13,15,27H,2,14,16-18H2,1H3. The van der Waals surface area contributed by atoms with Gasteiger partial charge < -0.3 is 9.88 Å². The van der Waals surface area contributed by atoms with Gasteiger partial charge in [-0.1, -0.05) is 61.0 Å². The zero-order valence-electron chi connectivity index (χ0n) is 17.1. The van der Waals surface area contributed by atoms with Gasteiger partial charge in [-0.2, -0.15) is 0 Å². The van der Waals surface area contributed by atoms with Gasteiger partial charge in [0.25, 0.3) is 0 Å². The van der Waals surface area contributed by atoms with Crippen molar-refractivity contribution in [1.82, 2.24) is 14.9 Å². The van der Waals surface area contributed by atoms with Crippen molar-refractivity contribution in [2.24, 2.45) is 0 Å². The molecule has 0 fully saturated rings. The van der Waals surface area contributed by atoms with E-state index in [4.69, 9.17) is 16.6 Å². The third-order valence-electron chi connectivity index (χ3n) is 4.98. The number of nitrogens with zero attached hydrogens (tertiary/aromatic N) is 2. The predicted octanol–water partition coefficient (Wildman–Crippen LogP) is 6.53. The molecule has 0 saturated carbocycles. The van der Waals surface area contributed by atoms with Gasteiger partial charge in [0.15, 0.2) is 0 Å². The highest BCUT2D eigenvalue weighted by molar-refractivity contribution is 7.99. The molecule has 0 aliphatic heterocycles. The average molecular weight is 436 g/mol. The van der Waals surface area contributed by atoms with Gasteiger partial charge in [-0.05, 0) is 53.6 Å². The monoisotopic (exact) mass is 435 g/mol. The number of aromatic nitrogens is 2. The van der Waals surface area contributed by atoms with Gasteiger partial charge in [0.05, 0.1) is 17.6 Å². The zero-order chi connectivity index (χ0) is 20.8. The molecule has 0 radical (unpaired) electrons. The van der Waals surface area contributed by atoms with Gasteiger partial charge >= 0.3 is 0 Å². The summed E-state index contributed by atoms with van der Waals surface area (Å²) in [4.78, 5) is 6.25. The van der Waals surface area contributed by atoms with Crippen molar-refractivity contribution < 1.29 is 0 Å². The SMILES string of the molecule is CCCSc1ccc2nc(CNCc3ccc(Cl)cc3)n(Cc3ccccc3)c2c1. The number of hydrogen-bond acceptors (Lipinski definition) is 3. The molecule has 30 heavy (non-hydrogen) atoms. The smallest absolute Gasteiger partial charge is 0.124 e. The van der Waals surface area contributed by atoms with E-state index in [9.17, 15) is 0 Å². The fourth-order valence-electron chi connectivity index (χ4n) is 3.46. The maximum atomic E-state index is 5.99. The predicted molar refractivity (Wildman–Crippen MR) is 128 cm³/mol. The largest absolute Gasteiger partial charge is 0.322 e. The highest BCUT2D eigenvalue weighted by atomic mass is 35.5. The molecule has 3 aromatic carbocycles. The Morgan fingerprint density at radius 3 is 2.50 bits per heavy atom. The van der Waals surface area contributed by atoms with Crippen LogP contribution in [-0.2, 0) is 19.6 Å². The molecule has 0 amide bonds. The summed E-state index contributed by atoms with van der Waals surface area (Å²) >= 11 is 7.90. The average Bonchev–Trinajstić information content (AvgIpc) is 3.11. The Morgan fingerprint density at radius 2 is 1.73 bits per heavy atom. The number of nitrogens with one attached hydrogen (secondary N) is 1. The normalized spacial score (nSPS) is 11.3. The molecule has 0 unspecified atom stereocenters. The molecule has 0 saturated heterocycles. The van der Waals surface area contributed by atoms with Gasteiger partial charge in [-0.3, -0.25) is 0 Å². The molecule has 0 spiro atoms. The van der Waals surface area contributed by atoms with Crippen LogP contribution in [0.5, 0.6) is 0 Å². The Morgan fingerprint density at radius 1 is 0.933 bits per heavy atom. The summed E-state index contributed by atoms with van der Waals surface area (Å²) in [5.74, 6) is 2.19. The summed E-state index contributed by atoms with van der Waals surface area (Å²) < 4.78 is 2.34. The first-order chi connectivity index (χ1) is 14.7. The molecule has 0 bridgehead atoms. The Bertz CT molecular complexity index is 1090. The molecule has 0 aliphatic rings. The summed E-state index contributed by atoms with van der Waals surface area (Å²) in [5, 5.41) is 4.31. The van der Waals surface area contributed by atoms with Gasteiger partial charge in [-0.15, -0.1) is 11.8 Å². The van der Waals surface area contributed by atoms with Crippen molar-refractivity contribution >= 4 is 34.4 Å². The molecular formula is C25H26ClN3S. The van der Waals surface area contributed by atoms with Crippen molar-refractivity contribution in [1.29, 1.82) is 0 Å². The fraction of sp³-hybridized carbons (Fsp3) is 0.240. The van der Waals surface area contributed by atoms with E-state index < -0.39 is 0 Å². The van der Waals surface area contributed by atoms with E-state index >= 15 is 0 Å². The van der Waals surface area contributed by atoms with Crippen molar-refractivity contribution in [3.05, 3.63) is 94.8 Å². The number of imidazole rings is 1. The van der Waals surface area contributed by atoms with Crippen LogP contribution >= 0.6 is 23.4 Å². The Balaban J connectivity index is 1.59. The number of halogens is 1. The van der Waals surface area contributed by atoms with E-state index in [-0.39, 0.29) is 0 Å². The zero-order valence-corrected chi connectivity index (χ0v) is 18.7. The Hall–Kier alpha value is -2.27. The van der Waals surface area contributed by atoms with Crippen LogP contribution < -0.4 is 5.32 Å². The molecule has 4 rings (SSSR count). The van der Waals surface area contributed by atoms with Crippen LogP contribution in [0.3, 0.4) is 0 Å². The van der Waals surface area contributed by atoms with E-state index in [1.54, 1.807) is 0 Å². The number of hydrogen-bond donors (Lipinski definition) is 1. The molecule has 5 heteroatoms. The molecule has 0 aliphatic carbocycles. The minimum absolute atomic E-state index is 0.710. The van der Waals surface area contributed by atoms with E-state index in [1.807, 2.05) is 23.9 Å². The summed E-state index contributed by atoms with van der Waals surface area (Å²) in [6.07, 6.45) is 1.17. The Kier molecular flexibility index (Phi) is 7.11. The van der Waals surface area contributed by atoms with E-state index in [0.717, 1.165) is 35.2 Å². The second-order valence-corrected chi connectivity index (χ2v) is 8.93. The van der Waals surface area contributed by atoms with Crippen molar-refractivity contribution in [2.75, 3.05) is 5.75 Å². The quantitative estimate of drug-likeness (QED) is 0.303. The van der Waals surface area contributed by atoms with Gasteiger partial charge in [0.2, 0.25) is 0 Å². The molecule has 1 N–H and O–H groups in total. The maximum absolute atomic E-state index is 5.99. The molecule has 0 atom stereocenters. The summed E-state index contributed by atoms with van der Waals surface area (Å²) in [6.45, 7) is 4.53. The third kappa shape index (κ3) is 5.25. The second kappa shape index (κ2) is 10.2. The highest BCUT2D eigenvalue weighted by Crippen LogP contribution is 2.26. The van der Waals surface area contributed by atoms with Crippen LogP contribution in [0, 0.1) is 0 Å². The van der Waals surface area contributed by atoms with Crippen LogP contribution in [0.1, 0.15) is 30.3 Å². The van der Waals surface area contributed by atoms with Crippen LogP contribution in [0.15, 0.2) is 77.7 Å². The van der Waals surface area contributed by atoms with Crippen molar-refractivity contribution in [2.45, 2.75) is 37.9 Å². The molecule has 154 valence electrons. The van der Waals surface area contributed by atoms with E-state index in [0.29, 0.717) is 6.54 Å². The summed E-state index contributed by atoms with van der Waals surface area (Å²) in [7, 11) is 0. The van der Waals surface area contributed by atoms with Crippen molar-refractivity contribution in [3.8, 4) is 0 Å². The van der Waals surface area contributed by atoms with Gasteiger partial charge in [0.1, 0.15) is 5.82 Å². The van der Waals surface area contributed by atoms with E-state index in [1.165, 1.54) is 28.0 Å². The Labute approximate surface area is 187 Å². The van der Waals surface area contributed by atoms with Gasteiger partial charge in [-0.25, -0.2) is 4.98 Å².